The summed E-state index contributed by atoms with van der Waals surface area (Å²) in [6, 6.07) is 3.12. The topological polar surface area (TPSA) is 91.3 Å². The maximum atomic E-state index is 11.5. The number of nitrogens with one attached hydrogen (secondary N) is 2. The summed E-state index contributed by atoms with van der Waals surface area (Å²) >= 11 is 0. The Hall–Kier alpha value is -2.11. The largest absolute Gasteiger partial charge is 0.481 e. The normalized spacial score (nSPS) is 12.0. The number of amides is 1. The molecule has 0 bridgehead atoms. The first-order valence-electron chi connectivity index (χ1n) is 6.10. The summed E-state index contributed by atoms with van der Waals surface area (Å²) in [5.74, 6) is -0.970. The quantitative estimate of drug-likeness (QED) is 0.722. The number of nitrogens with zero attached hydrogens (tertiary/aromatic N) is 1. The summed E-state index contributed by atoms with van der Waals surface area (Å²) in [6.45, 7) is 3.89. The third-order valence-electron chi connectivity index (χ3n) is 2.77. The Morgan fingerprint density at radius 1 is 1.42 bits per heavy atom. The number of rotatable bonds is 6. The van der Waals surface area contributed by atoms with Crippen LogP contribution in [-0.4, -0.2) is 35.1 Å². The van der Waals surface area contributed by atoms with Crippen molar-refractivity contribution in [3.05, 3.63) is 24.0 Å². The van der Waals surface area contributed by atoms with Crippen molar-refractivity contribution in [1.82, 2.24) is 10.3 Å². The average Bonchev–Trinajstić information content (AvgIpc) is 2.36. The summed E-state index contributed by atoms with van der Waals surface area (Å²) in [6.07, 6.45) is 1.54. The van der Waals surface area contributed by atoms with E-state index in [4.69, 9.17) is 5.11 Å². The van der Waals surface area contributed by atoms with Crippen LogP contribution in [0, 0.1) is 5.92 Å². The molecule has 1 heterocycles. The Kier molecular flexibility index (Phi) is 5.29. The number of hydrogen-bond acceptors (Lipinski definition) is 4. The number of carbonyl (C=O) groups excluding carboxylic acids is 1. The summed E-state index contributed by atoms with van der Waals surface area (Å²) in [7, 11) is 1.53. The summed E-state index contributed by atoms with van der Waals surface area (Å²) in [5, 5.41) is 14.5. The van der Waals surface area contributed by atoms with Gasteiger partial charge in [0.2, 0.25) is 0 Å². The first-order chi connectivity index (χ1) is 8.93. The third kappa shape index (κ3) is 4.57. The monoisotopic (exact) mass is 265 g/mol. The molecule has 0 aliphatic rings. The molecule has 1 aromatic rings. The van der Waals surface area contributed by atoms with Gasteiger partial charge >= 0.3 is 5.97 Å². The second-order valence-electron chi connectivity index (χ2n) is 4.60. The maximum Gasteiger partial charge on any atom is 0.305 e. The van der Waals surface area contributed by atoms with Crippen LogP contribution in [0.15, 0.2) is 18.3 Å². The van der Waals surface area contributed by atoms with Gasteiger partial charge in [-0.05, 0) is 18.1 Å². The van der Waals surface area contributed by atoms with Gasteiger partial charge < -0.3 is 15.7 Å². The highest BCUT2D eigenvalue weighted by molar-refractivity contribution is 5.92. The van der Waals surface area contributed by atoms with E-state index >= 15 is 0 Å². The van der Waals surface area contributed by atoms with Crippen molar-refractivity contribution in [3.63, 3.8) is 0 Å². The third-order valence-corrected chi connectivity index (χ3v) is 2.77. The Bertz CT molecular complexity index is 460. The lowest BCUT2D eigenvalue weighted by atomic mass is 10.0. The van der Waals surface area contributed by atoms with E-state index in [2.05, 4.69) is 15.6 Å². The molecule has 6 nitrogen and oxygen atoms in total. The van der Waals surface area contributed by atoms with Crippen LogP contribution in [0.4, 0.5) is 5.69 Å². The Balaban J connectivity index is 2.84. The zero-order chi connectivity index (χ0) is 14.4. The summed E-state index contributed by atoms with van der Waals surface area (Å²) in [5.41, 5.74) is 0.985. The zero-order valence-corrected chi connectivity index (χ0v) is 11.3. The molecule has 0 aliphatic heterocycles. The van der Waals surface area contributed by atoms with Gasteiger partial charge in [-0.2, -0.15) is 0 Å². The van der Waals surface area contributed by atoms with Crippen molar-refractivity contribution >= 4 is 17.6 Å². The minimum absolute atomic E-state index is 0.0231. The van der Waals surface area contributed by atoms with Crippen molar-refractivity contribution in [2.45, 2.75) is 26.3 Å². The van der Waals surface area contributed by atoms with Crippen LogP contribution in [0.1, 0.15) is 30.8 Å². The Morgan fingerprint density at radius 3 is 2.63 bits per heavy atom. The van der Waals surface area contributed by atoms with Gasteiger partial charge in [0.1, 0.15) is 5.69 Å². The first-order valence-corrected chi connectivity index (χ1v) is 6.10. The van der Waals surface area contributed by atoms with Crippen molar-refractivity contribution < 1.29 is 14.7 Å². The number of aliphatic carboxylic acids is 1. The first kappa shape index (κ1) is 14.9. The van der Waals surface area contributed by atoms with Crippen LogP contribution in [-0.2, 0) is 4.79 Å². The van der Waals surface area contributed by atoms with E-state index in [1.54, 1.807) is 12.1 Å². The van der Waals surface area contributed by atoms with Gasteiger partial charge in [-0.3, -0.25) is 14.6 Å². The molecule has 0 aromatic carbocycles. The fourth-order valence-electron chi connectivity index (χ4n) is 1.63. The van der Waals surface area contributed by atoms with Gasteiger partial charge in [0, 0.05) is 25.0 Å². The molecule has 19 heavy (non-hydrogen) atoms. The number of pyridine rings is 1. The molecule has 0 fully saturated rings. The van der Waals surface area contributed by atoms with Crippen molar-refractivity contribution in [3.8, 4) is 0 Å². The smallest absolute Gasteiger partial charge is 0.305 e. The number of carboxylic acids is 1. The molecule has 1 rings (SSSR count). The van der Waals surface area contributed by atoms with E-state index in [1.807, 2.05) is 13.8 Å². The minimum atomic E-state index is -0.855. The van der Waals surface area contributed by atoms with Crippen LogP contribution in [0.25, 0.3) is 0 Å². The van der Waals surface area contributed by atoms with Gasteiger partial charge in [0.15, 0.2) is 0 Å². The van der Waals surface area contributed by atoms with Crippen molar-refractivity contribution in [2.75, 3.05) is 12.4 Å². The van der Waals surface area contributed by atoms with Gasteiger partial charge in [-0.15, -0.1) is 0 Å². The second kappa shape index (κ2) is 6.72. The van der Waals surface area contributed by atoms with Crippen molar-refractivity contribution in [2.24, 2.45) is 5.92 Å². The molecule has 104 valence electrons. The van der Waals surface area contributed by atoms with Gasteiger partial charge in [0.25, 0.3) is 5.91 Å². The van der Waals surface area contributed by atoms with Crippen LogP contribution >= 0.6 is 0 Å². The van der Waals surface area contributed by atoms with E-state index in [9.17, 15) is 9.59 Å². The number of anilines is 1. The SMILES string of the molecule is CNC(=O)c1cc(NC(CC(=O)O)C(C)C)ccn1. The lowest BCUT2D eigenvalue weighted by Gasteiger charge is -2.22. The molecular formula is C13H19N3O3. The van der Waals surface area contributed by atoms with E-state index in [0.717, 1.165) is 0 Å². The Labute approximate surface area is 112 Å². The zero-order valence-electron chi connectivity index (χ0n) is 11.3. The molecule has 1 atom stereocenters. The molecule has 0 saturated carbocycles. The van der Waals surface area contributed by atoms with Crippen LogP contribution < -0.4 is 10.6 Å². The maximum absolute atomic E-state index is 11.5. The average molecular weight is 265 g/mol. The number of hydrogen-bond donors (Lipinski definition) is 3. The lowest BCUT2D eigenvalue weighted by Crippen LogP contribution is -2.29. The fraction of sp³-hybridized carbons (Fsp3) is 0.462. The van der Waals surface area contributed by atoms with Gasteiger partial charge in [0.05, 0.1) is 6.42 Å². The summed E-state index contributed by atoms with van der Waals surface area (Å²) in [4.78, 5) is 26.2. The molecule has 1 unspecified atom stereocenters. The molecule has 1 aromatic heterocycles. The van der Waals surface area contributed by atoms with Gasteiger partial charge in [-0.1, -0.05) is 13.8 Å². The van der Waals surface area contributed by atoms with E-state index in [0.29, 0.717) is 11.4 Å². The van der Waals surface area contributed by atoms with Crippen LogP contribution in [0.2, 0.25) is 0 Å². The van der Waals surface area contributed by atoms with E-state index in [1.165, 1.54) is 13.2 Å². The van der Waals surface area contributed by atoms with Crippen molar-refractivity contribution in [1.29, 1.82) is 0 Å². The van der Waals surface area contributed by atoms with E-state index in [-0.39, 0.29) is 24.3 Å². The molecule has 0 spiro atoms. The summed E-state index contributed by atoms with van der Waals surface area (Å²) < 4.78 is 0. The standard InChI is InChI=1S/C13H19N3O3/c1-8(2)10(7-12(17)18)16-9-4-5-15-11(6-9)13(19)14-3/h4-6,8,10H,7H2,1-3H3,(H,14,19)(H,15,16)(H,17,18). The Morgan fingerprint density at radius 2 is 2.11 bits per heavy atom. The second-order valence-corrected chi connectivity index (χ2v) is 4.60. The molecule has 0 aliphatic carbocycles. The fourth-order valence-corrected chi connectivity index (χ4v) is 1.63. The molecule has 0 saturated heterocycles. The lowest BCUT2D eigenvalue weighted by molar-refractivity contribution is -0.137. The van der Waals surface area contributed by atoms with E-state index < -0.39 is 5.97 Å². The predicted octanol–water partition coefficient (Wildman–Crippen LogP) is 1.35. The molecule has 0 radical (unpaired) electrons. The van der Waals surface area contributed by atoms with Crippen LogP contribution in [0.5, 0.6) is 0 Å². The van der Waals surface area contributed by atoms with Gasteiger partial charge in [-0.25, -0.2) is 0 Å². The molecular weight excluding hydrogens is 246 g/mol. The van der Waals surface area contributed by atoms with Crippen LogP contribution in [0.3, 0.4) is 0 Å². The molecule has 3 N–H and O–H groups in total. The highest BCUT2D eigenvalue weighted by atomic mass is 16.4. The molecule has 6 heteroatoms. The highest BCUT2D eigenvalue weighted by Gasteiger charge is 2.17. The predicted molar refractivity (Wildman–Crippen MR) is 72.1 cm³/mol. The number of carbonyl (C=O) groups is 2. The highest BCUT2D eigenvalue weighted by Crippen LogP contribution is 2.15. The number of carboxylic acid groups (broad SMARTS) is 1. The number of aromatic nitrogens is 1. The minimum Gasteiger partial charge on any atom is -0.481 e. The molecule has 1 amide bonds.